The van der Waals surface area contributed by atoms with E-state index in [-0.39, 0.29) is 11.4 Å². The number of esters is 1. The summed E-state index contributed by atoms with van der Waals surface area (Å²) in [5, 5.41) is 2.15. The first-order chi connectivity index (χ1) is 16.3. The van der Waals surface area contributed by atoms with Gasteiger partial charge in [-0.1, -0.05) is 29.8 Å². The van der Waals surface area contributed by atoms with Gasteiger partial charge in [0.1, 0.15) is 18.1 Å². The van der Waals surface area contributed by atoms with Gasteiger partial charge in [0.2, 0.25) is 5.91 Å². The summed E-state index contributed by atoms with van der Waals surface area (Å²) in [6, 6.07) is 17.3. The number of imide groups is 1. The third-order valence-corrected chi connectivity index (χ3v) is 5.91. The number of nitrogens with zero attached hydrogens (tertiary/aromatic N) is 1. The van der Waals surface area contributed by atoms with Crippen LogP contribution in [0.1, 0.15) is 21.7 Å². The number of hydrogen-bond acceptors (Lipinski definition) is 7. The number of rotatable bonds is 6. The maximum absolute atomic E-state index is 12.7. The maximum atomic E-state index is 12.7. The predicted octanol–water partition coefficient (Wildman–Crippen LogP) is 4.72. The Morgan fingerprint density at radius 3 is 2.41 bits per heavy atom. The molecule has 0 aliphatic carbocycles. The Morgan fingerprint density at radius 2 is 1.74 bits per heavy atom. The molecule has 0 spiro atoms. The number of furan rings is 1. The predicted molar refractivity (Wildman–Crippen MR) is 128 cm³/mol. The number of anilines is 1. The van der Waals surface area contributed by atoms with E-state index in [1.165, 1.54) is 13.2 Å². The number of carbonyl (C=O) groups excluding carboxylic acids is 4. The summed E-state index contributed by atoms with van der Waals surface area (Å²) in [6.07, 6.45) is 1.47. The minimum atomic E-state index is -0.561. The molecule has 2 aromatic carbocycles. The minimum absolute atomic E-state index is 0.162. The molecule has 0 saturated carbocycles. The van der Waals surface area contributed by atoms with E-state index in [9.17, 15) is 19.2 Å². The van der Waals surface area contributed by atoms with Gasteiger partial charge in [0.25, 0.3) is 11.1 Å². The Bertz CT molecular complexity index is 1290. The van der Waals surface area contributed by atoms with Gasteiger partial charge in [0.05, 0.1) is 17.6 Å². The van der Waals surface area contributed by atoms with Gasteiger partial charge in [-0.3, -0.25) is 19.3 Å². The van der Waals surface area contributed by atoms with Crippen LogP contribution in [-0.4, -0.2) is 41.6 Å². The monoisotopic (exact) mass is 476 g/mol. The molecule has 1 aliphatic rings. The number of nitrogens with one attached hydrogen (secondary N) is 1. The van der Waals surface area contributed by atoms with Gasteiger partial charge in [-0.2, -0.15) is 0 Å². The van der Waals surface area contributed by atoms with Crippen LogP contribution in [0.25, 0.3) is 17.4 Å². The zero-order valence-electron chi connectivity index (χ0n) is 18.4. The van der Waals surface area contributed by atoms with E-state index in [2.05, 4.69) is 10.1 Å². The summed E-state index contributed by atoms with van der Waals surface area (Å²) in [4.78, 5) is 50.0. The van der Waals surface area contributed by atoms with Crippen LogP contribution >= 0.6 is 11.8 Å². The number of hydrogen-bond donors (Lipinski definition) is 1. The van der Waals surface area contributed by atoms with E-state index in [0.29, 0.717) is 22.8 Å². The molecule has 0 unspecified atom stereocenters. The Labute approximate surface area is 199 Å². The molecule has 8 nitrogen and oxygen atoms in total. The Balaban J connectivity index is 1.43. The third kappa shape index (κ3) is 5.10. The van der Waals surface area contributed by atoms with Crippen LogP contribution < -0.4 is 5.32 Å². The Kier molecular flexibility index (Phi) is 6.65. The Hall–Kier alpha value is -4.11. The Morgan fingerprint density at radius 1 is 1.03 bits per heavy atom. The van der Waals surface area contributed by atoms with Gasteiger partial charge in [-0.15, -0.1) is 0 Å². The first kappa shape index (κ1) is 23.1. The summed E-state index contributed by atoms with van der Waals surface area (Å²) in [5.41, 5.74) is 2.78. The largest absolute Gasteiger partial charge is 0.465 e. The van der Waals surface area contributed by atoms with Crippen LogP contribution in [-0.2, 0) is 14.3 Å². The molecule has 3 amide bonds. The number of ether oxygens (including phenoxy) is 1. The SMILES string of the molecule is COC(=O)c1ccc(-c2ccc(C=C3SC(=O)N(CC(=O)Nc4ccc(C)cc4)C3=O)o2)cc1. The molecule has 1 aromatic heterocycles. The van der Waals surface area contributed by atoms with Crippen molar-refractivity contribution in [1.82, 2.24) is 4.90 Å². The summed E-state index contributed by atoms with van der Waals surface area (Å²) in [5.74, 6) is -0.562. The number of carbonyl (C=O) groups is 4. The molecule has 0 bridgehead atoms. The molecular formula is C25H20N2O6S. The van der Waals surface area contributed by atoms with Crippen LogP contribution in [0.2, 0.25) is 0 Å². The van der Waals surface area contributed by atoms with E-state index >= 15 is 0 Å². The van der Waals surface area contributed by atoms with Crippen molar-refractivity contribution in [2.75, 3.05) is 19.0 Å². The maximum Gasteiger partial charge on any atom is 0.337 e. The summed E-state index contributed by atoms with van der Waals surface area (Å²) < 4.78 is 10.5. The van der Waals surface area contributed by atoms with Crippen molar-refractivity contribution in [3.8, 4) is 11.3 Å². The molecule has 3 aromatic rings. The van der Waals surface area contributed by atoms with E-state index in [0.717, 1.165) is 27.8 Å². The molecule has 0 atom stereocenters. The van der Waals surface area contributed by atoms with Gasteiger partial charge in [0.15, 0.2) is 0 Å². The number of methoxy groups -OCH3 is 1. The van der Waals surface area contributed by atoms with Gasteiger partial charge in [0, 0.05) is 17.3 Å². The topological polar surface area (TPSA) is 106 Å². The molecule has 1 aliphatic heterocycles. The lowest BCUT2D eigenvalue weighted by atomic mass is 10.1. The van der Waals surface area contributed by atoms with Crippen molar-refractivity contribution in [3.05, 3.63) is 82.5 Å². The molecule has 4 rings (SSSR count). The number of benzene rings is 2. The van der Waals surface area contributed by atoms with Crippen molar-refractivity contribution in [2.45, 2.75) is 6.92 Å². The van der Waals surface area contributed by atoms with Crippen LogP contribution in [0.15, 0.2) is 70.0 Å². The van der Waals surface area contributed by atoms with Crippen molar-refractivity contribution in [3.63, 3.8) is 0 Å². The molecule has 1 saturated heterocycles. The van der Waals surface area contributed by atoms with Gasteiger partial charge in [-0.25, -0.2) is 4.79 Å². The van der Waals surface area contributed by atoms with E-state index in [1.807, 2.05) is 19.1 Å². The van der Waals surface area contributed by atoms with E-state index in [4.69, 9.17) is 4.42 Å². The molecule has 34 heavy (non-hydrogen) atoms. The lowest BCUT2D eigenvalue weighted by Gasteiger charge is -2.12. The minimum Gasteiger partial charge on any atom is -0.465 e. The van der Waals surface area contributed by atoms with E-state index < -0.39 is 23.0 Å². The summed E-state index contributed by atoms with van der Waals surface area (Å²) in [6.45, 7) is 1.55. The molecular weight excluding hydrogens is 456 g/mol. The van der Waals surface area contributed by atoms with E-state index in [1.54, 1.807) is 48.5 Å². The number of thioether (sulfide) groups is 1. The van der Waals surface area contributed by atoms with Crippen molar-refractivity contribution in [1.29, 1.82) is 0 Å². The average molecular weight is 477 g/mol. The summed E-state index contributed by atoms with van der Waals surface area (Å²) in [7, 11) is 1.31. The summed E-state index contributed by atoms with van der Waals surface area (Å²) >= 11 is 0.747. The van der Waals surface area contributed by atoms with Crippen LogP contribution in [0.5, 0.6) is 0 Å². The van der Waals surface area contributed by atoms with Crippen LogP contribution in [0, 0.1) is 6.92 Å². The third-order valence-electron chi connectivity index (χ3n) is 5.00. The second kappa shape index (κ2) is 9.80. The lowest BCUT2D eigenvalue weighted by Crippen LogP contribution is -2.36. The molecule has 1 N–H and O–H groups in total. The fourth-order valence-electron chi connectivity index (χ4n) is 3.22. The number of aryl methyl sites for hydroxylation is 1. The molecule has 0 radical (unpaired) electrons. The zero-order valence-corrected chi connectivity index (χ0v) is 19.2. The highest BCUT2D eigenvalue weighted by Crippen LogP contribution is 2.33. The quantitative estimate of drug-likeness (QED) is 0.405. The first-order valence-corrected chi connectivity index (χ1v) is 11.1. The van der Waals surface area contributed by atoms with Crippen LogP contribution in [0.3, 0.4) is 0 Å². The van der Waals surface area contributed by atoms with Crippen molar-refractivity contribution < 1.29 is 28.3 Å². The molecule has 2 heterocycles. The second-order valence-corrected chi connectivity index (χ2v) is 8.45. The van der Waals surface area contributed by atoms with Gasteiger partial charge in [-0.05, 0) is 55.1 Å². The highest BCUT2D eigenvalue weighted by molar-refractivity contribution is 8.18. The van der Waals surface area contributed by atoms with Gasteiger partial charge >= 0.3 is 5.97 Å². The number of amides is 3. The fraction of sp³-hybridized carbons (Fsp3) is 0.120. The normalized spacial score (nSPS) is 14.5. The fourth-order valence-corrected chi connectivity index (χ4v) is 4.04. The highest BCUT2D eigenvalue weighted by Gasteiger charge is 2.36. The molecule has 172 valence electrons. The first-order valence-electron chi connectivity index (χ1n) is 10.2. The second-order valence-electron chi connectivity index (χ2n) is 7.45. The smallest absolute Gasteiger partial charge is 0.337 e. The van der Waals surface area contributed by atoms with Crippen molar-refractivity contribution >= 4 is 46.5 Å². The average Bonchev–Trinajstić information content (AvgIpc) is 3.40. The van der Waals surface area contributed by atoms with Gasteiger partial charge < -0.3 is 14.5 Å². The lowest BCUT2D eigenvalue weighted by molar-refractivity contribution is -0.127. The molecule has 9 heteroatoms. The zero-order chi connectivity index (χ0) is 24.2. The van der Waals surface area contributed by atoms with Crippen LogP contribution in [0.4, 0.5) is 10.5 Å². The standard InChI is InChI=1S/C25H20N2O6S/c1-15-3-9-18(10-4-15)26-22(28)14-27-23(29)21(34-25(27)31)13-19-11-12-20(33-19)16-5-7-17(8-6-16)24(30)32-2/h3-13H,14H2,1-2H3,(H,26,28). The molecule has 1 fully saturated rings. The highest BCUT2D eigenvalue weighted by atomic mass is 32.2. The van der Waals surface area contributed by atoms with Crippen molar-refractivity contribution in [2.24, 2.45) is 0 Å².